The summed E-state index contributed by atoms with van der Waals surface area (Å²) < 4.78 is 0. The Morgan fingerprint density at radius 3 is 2.41 bits per heavy atom. The van der Waals surface area contributed by atoms with E-state index in [1.165, 1.54) is 19.2 Å². The van der Waals surface area contributed by atoms with Crippen molar-refractivity contribution < 1.29 is 59.2 Å². The number of fused-ring (bicyclic) bond motifs is 1. The lowest BCUT2D eigenvalue weighted by Crippen LogP contribution is -2.68. The highest BCUT2D eigenvalue weighted by atomic mass is 32.2. The number of aliphatic carboxylic acids is 2. The second-order valence-corrected chi connectivity index (χ2v) is 13.4. The minimum atomic E-state index is -2.05. The number of nitrogens with one attached hydrogen (secondary N) is 2. The number of carboxylic acids is 2. The molecule has 0 radical (unpaired) electrons. The number of amides is 5. The lowest BCUT2D eigenvalue weighted by Gasteiger charge is -2.41. The van der Waals surface area contributed by atoms with Crippen LogP contribution >= 0.6 is 23.1 Å². The average molecular weight is 722 g/mol. The highest BCUT2D eigenvalue weighted by Gasteiger charge is 2.66. The molecule has 23 heteroatoms. The van der Waals surface area contributed by atoms with Gasteiger partial charge >= 0.3 is 18.0 Å². The van der Waals surface area contributed by atoms with Crippen molar-refractivity contribution in [2.75, 3.05) is 25.4 Å². The van der Waals surface area contributed by atoms with E-state index in [0.29, 0.717) is 11.8 Å². The van der Waals surface area contributed by atoms with Crippen LogP contribution < -0.4 is 16.5 Å². The molecule has 3 atom stereocenters. The largest absolute Gasteiger partial charge is 0.504 e. The van der Waals surface area contributed by atoms with E-state index in [2.05, 4.69) is 26.0 Å². The SMILES string of the molecule is CC(C)(O/N=C(\C(=O)N[C@@H]1C(=O)N2C[C@@](C(=O)O)(N3CCN(NC(=O)/C(=N\O)c4ccc(O)c(O)c4)C3=O)S[C@H]12)c1csc(N)n1)C(=O)O. The summed E-state index contributed by atoms with van der Waals surface area (Å²) in [7, 11) is 0. The molecule has 5 amide bonds. The number of thiazole rings is 1. The van der Waals surface area contributed by atoms with E-state index < -0.39 is 87.0 Å². The van der Waals surface area contributed by atoms with Gasteiger partial charge in [0, 0.05) is 17.5 Å². The zero-order chi connectivity index (χ0) is 36.0. The van der Waals surface area contributed by atoms with Gasteiger partial charge in [0.05, 0.1) is 13.1 Å². The van der Waals surface area contributed by atoms with Crippen molar-refractivity contribution in [2.45, 2.75) is 35.7 Å². The molecule has 260 valence electrons. The van der Waals surface area contributed by atoms with E-state index in [1.807, 2.05) is 0 Å². The maximum absolute atomic E-state index is 13.4. The van der Waals surface area contributed by atoms with Crippen molar-refractivity contribution in [3.8, 4) is 11.5 Å². The summed E-state index contributed by atoms with van der Waals surface area (Å²) in [6, 6.07) is 0.872. The van der Waals surface area contributed by atoms with Crippen LogP contribution in [0.5, 0.6) is 11.5 Å². The molecule has 1 aromatic heterocycles. The van der Waals surface area contributed by atoms with E-state index in [4.69, 9.17) is 10.6 Å². The fourth-order valence-electron chi connectivity index (χ4n) is 4.87. The Kier molecular flexibility index (Phi) is 8.90. The Hall–Kier alpha value is -5.84. The number of oxime groups is 2. The maximum Gasteiger partial charge on any atom is 0.350 e. The molecule has 1 aromatic carbocycles. The number of hydrogen-bond donors (Lipinski definition) is 8. The smallest absolute Gasteiger partial charge is 0.350 e. The van der Waals surface area contributed by atoms with Crippen molar-refractivity contribution >= 4 is 75.3 Å². The lowest BCUT2D eigenvalue weighted by molar-refractivity contribution is -0.161. The number of phenolic OH excluding ortho intramolecular Hbond substituents is 2. The highest BCUT2D eigenvalue weighted by molar-refractivity contribution is 8.02. The van der Waals surface area contributed by atoms with Crippen LogP contribution in [0.4, 0.5) is 9.93 Å². The Balaban J connectivity index is 1.31. The van der Waals surface area contributed by atoms with Gasteiger partial charge in [-0.1, -0.05) is 22.1 Å². The number of urea groups is 1. The summed E-state index contributed by atoms with van der Waals surface area (Å²) in [6.07, 6.45) is 0. The predicted octanol–water partition coefficient (Wildman–Crippen LogP) is -1.45. The van der Waals surface area contributed by atoms with Gasteiger partial charge in [0.25, 0.3) is 11.8 Å². The third kappa shape index (κ3) is 6.15. The summed E-state index contributed by atoms with van der Waals surface area (Å²) >= 11 is 1.65. The summed E-state index contributed by atoms with van der Waals surface area (Å²) in [4.78, 5) is 86.0. The number of aromatic hydroxyl groups is 2. The molecular weight excluding hydrogens is 694 g/mol. The number of β-lactam (4-membered cyclic amide) rings is 1. The summed E-state index contributed by atoms with van der Waals surface area (Å²) in [5.74, 6) is -6.80. The van der Waals surface area contributed by atoms with Crippen LogP contribution in [0.3, 0.4) is 0 Å². The highest BCUT2D eigenvalue weighted by Crippen LogP contribution is 2.49. The first-order chi connectivity index (χ1) is 23.0. The monoisotopic (exact) mass is 721 g/mol. The number of aromatic nitrogens is 1. The molecular formula is C26H27N9O12S2. The number of benzene rings is 1. The molecule has 3 fully saturated rings. The van der Waals surface area contributed by atoms with Gasteiger partial charge in [0.15, 0.2) is 28.1 Å². The number of carboxylic acid groups (broad SMARTS) is 2. The average Bonchev–Trinajstić information content (AvgIpc) is 3.74. The Morgan fingerprint density at radius 1 is 1.10 bits per heavy atom. The minimum absolute atomic E-state index is 0.0523. The molecule has 3 saturated heterocycles. The van der Waals surface area contributed by atoms with Gasteiger partial charge in [-0.3, -0.25) is 24.7 Å². The van der Waals surface area contributed by atoms with E-state index in [0.717, 1.165) is 44.3 Å². The third-order valence-electron chi connectivity index (χ3n) is 7.57. The van der Waals surface area contributed by atoms with Gasteiger partial charge in [-0.25, -0.2) is 24.4 Å². The molecule has 0 spiro atoms. The number of anilines is 1. The number of nitrogens with two attached hydrogens (primary N) is 1. The van der Waals surface area contributed by atoms with Crippen LogP contribution in [0, 0.1) is 0 Å². The number of nitrogen functional groups attached to an aromatic ring is 1. The molecule has 5 rings (SSSR count). The number of hydrazine groups is 1. The van der Waals surface area contributed by atoms with Gasteiger partial charge < -0.3 is 46.4 Å². The van der Waals surface area contributed by atoms with Crippen LogP contribution in [0.1, 0.15) is 25.1 Å². The van der Waals surface area contributed by atoms with Gasteiger partial charge in [0.1, 0.15) is 17.1 Å². The van der Waals surface area contributed by atoms with Gasteiger partial charge in [-0.05, 0) is 32.0 Å². The molecule has 2 aromatic rings. The zero-order valence-electron chi connectivity index (χ0n) is 25.3. The van der Waals surface area contributed by atoms with Crippen LogP contribution in [-0.4, -0.2) is 134 Å². The first-order valence-corrected chi connectivity index (χ1v) is 15.6. The van der Waals surface area contributed by atoms with Crippen LogP contribution in [-0.2, 0) is 28.8 Å². The number of nitrogens with zero attached hydrogens (tertiary/aromatic N) is 6. The second kappa shape index (κ2) is 12.6. The van der Waals surface area contributed by atoms with Crippen molar-refractivity contribution in [2.24, 2.45) is 10.3 Å². The molecule has 49 heavy (non-hydrogen) atoms. The molecule has 3 aliphatic rings. The van der Waals surface area contributed by atoms with Gasteiger partial charge in [-0.2, -0.15) is 0 Å². The number of thioether (sulfide) groups is 1. The number of carbonyl (C=O) groups excluding carboxylic acids is 4. The summed E-state index contributed by atoms with van der Waals surface area (Å²) in [6.45, 7) is 1.44. The van der Waals surface area contributed by atoms with Crippen molar-refractivity contribution in [1.29, 1.82) is 0 Å². The number of phenols is 2. The Bertz CT molecular complexity index is 1830. The molecule has 0 unspecified atom stereocenters. The van der Waals surface area contributed by atoms with Crippen molar-refractivity contribution in [3.63, 3.8) is 0 Å². The number of rotatable bonds is 11. The Morgan fingerprint density at radius 2 is 1.82 bits per heavy atom. The minimum Gasteiger partial charge on any atom is -0.504 e. The van der Waals surface area contributed by atoms with Crippen molar-refractivity contribution in [3.05, 3.63) is 34.8 Å². The number of hydrogen-bond acceptors (Lipinski definition) is 16. The molecule has 9 N–H and O–H groups in total. The first-order valence-electron chi connectivity index (χ1n) is 13.9. The molecule has 0 bridgehead atoms. The molecule has 3 aliphatic heterocycles. The first kappa shape index (κ1) is 34.5. The zero-order valence-corrected chi connectivity index (χ0v) is 26.9. The van der Waals surface area contributed by atoms with Crippen molar-refractivity contribution in [1.82, 2.24) is 30.5 Å². The predicted molar refractivity (Wildman–Crippen MR) is 166 cm³/mol. The summed E-state index contributed by atoms with van der Waals surface area (Å²) in [5, 5.41) is 58.6. The topological polar surface area (TPSA) is 310 Å². The quantitative estimate of drug-likeness (QED) is 0.0433. The molecule has 21 nitrogen and oxygen atoms in total. The van der Waals surface area contributed by atoms with Crippen LogP contribution in [0.15, 0.2) is 33.9 Å². The van der Waals surface area contributed by atoms with E-state index in [1.54, 1.807) is 0 Å². The fraction of sp³-hybridized carbons (Fsp3) is 0.346. The molecule has 4 heterocycles. The van der Waals surface area contributed by atoms with Crippen LogP contribution in [0.25, 0.3) is 0 Å². The standard InChI is InChI=1S/C26H27N9O12S2/c1-25(2,21(41)42)47-32-15(11-8-48-23(27)28-11)17(38)29-16-19(40)33-9-26(22(43)44,49-20(16)33)34-5-6-35(24(34)45)30-18(39)14(31-46)10-3-4-12(36)13(37)7-10/h3-4,7-8,16,20,36-37,46H,5-6,9H2,1-2H3,(H2,27,28)(H,29,38)(H,30,39)(H,41,42)(H,43,44)/b31-14-,32-15-/t16-,20-,26-/m1/s1. The van der Waals surface area contributed by atoms with E-state index in [-0.39, 0.29) is 29.5 Å². The fourth-order valence-corrected chi connectivity index (χ4v) is 7.06. The molecule has 0 saturated carbocycles. The van der Waals surface area contributed by atoms with Gasteiger partial charge in [0.2, 0.25) is 16.4 Å². The maximum atomic E-state index is 13.4. The van der Waals surface area contributed by atoms with Crippen LogP contribution in [0.2, 0.25) is 0 Å². The number of carbonyl (C=O) groups is 6. The van der Waals surface area contributed by atoms with E-state index >= 15 is 0 Å². The lowest BCUT2D eigenvalue weighted by atomic mass is 10.1. The third-order valence-corrected chi connectivity index (χ3v) is 9.92. The Labute approximate surface area is 282 Å². The molecule has 0 aliphatic carbocycles. The van der Waals surface area contributed by atoms with Gasteiger partial charge in [-0.15, -0.1) is 11.3 Å². The normalized spacial score (nSPS) is 22.4. The second-order valence-electron chi connectivity index (χ2n) is 11.1. The summed E-state index contributed by atoms with van der Waals surface area (Å²) in [5.41, 5.74) is 4.70. The van der Waals surface area contributed by atoms with E-state index in [9.17, 15) is 54.4 Å².